The summed E-state index contributed by atoms with van der Waals surface area (Å²) in [4.78, 5) is 59.8. The highest BCUT2D eigenvalue weighted by molar-refractivity contribution is 6.31. The number of amides is 2. The smallest absolute Gasteiger partial charge is 0.233 e. The summed E-state index contributed by atoms with van der Waals surface area (Å²) < 4.78 is 0. The van der Waals surface area contributed by atoms with E-state index in [1.807, 2.05) is 72.8 Å². The molecule has 5 aliphatic rings. The van der Waals surface area contributed by atoms with Gasteiger partial charge in [-0.3, -0.25) is 24.1 Å². The summed E-state index contributed by atoms with van der Waals surface area (Å²) in [6.45, 7) is 0. The molecule has 1 saturated heterocycles. The van der Waals surface area contributed by atoms with E-state index in [4.69, 9.17) is 0 Å². The lowest BCUT2D eigenvalue weighted by Gasteiger charge is -2.55. The number of para-hydroxylation sites is 1. The predicted molar refractivity (Wildman–Crippen MR) is 173 cm³/mol. The van der Waals surface area contributed by atoms with Gasteiger partial charge in [-0.15, -0.1) is 0 Å². The minimum Gasteiger partial charge on any atom is -0.508 e. The SMILES string of the molecule is O=C1C(c2ccccc2)=CC(=O)C2(c3ccccc3)C1CC1C(=CCC3C(=O)N(C4CCCCC4)C(=O)C31)C2c1ccccc1O. The molecule has 4 aliphatic carbocycles. The number of nitrogens with zero attached hydrogens (tertiary/aromatic N) is 1. The fraction of sp³-hybridized carbons (Fsp3) is 0.350. The van der Waals surface area contributed by atoms with E-state index >= 15 is 0 Å². The lowest BCUT2D eigenvalue weighted by molar-refractivity contribution is -0.144. The standard InChI is InChI=1S/C40H37NO5/c42-33-19-11-10-18-28(33)36-27-20-21-29-35(39(46)41(38(29)45)26-16-8-3-9-17-26)31(27)22-32-37(44)30(24-12-4-1-5-13-24)23-34(43)40(32,36)25-14-6-2-7-15-25/h1-2,4-7,10-15,18-20,23,26,29,31-32,35-36,42H,3,8-9,16-17,21-22H2. The third-order valence-corrected chi connectivity index (χ3v) is 11.6. The second-order valence-corrected chi connectivity index (χ2v) is 13.7. The zero-order valence-corrected chi connectivity index (χ0v) is 25.7. The van der Waals surface area contributed by atoms with E-state index in [1.54, 1.807) is 17.0 Å². The van der Waals surface area contributed by atoms with Gasteiger partial charge in [0.05, 0.1) is 17.3 Å². The molecule has 232 valence electrons. The van der Waals surface area contributed by atoms with Gasteiger partial charge in [0.2, 0.25) is 11.8 Å². The Morgan fingerprint density at radius 2 is 1.41 bits per heavy atom. The van der Waals surface area contributed by atoms with Gasteiger partial charge in [-0.2, -0.15) is 0 Å². The summed E-state index contributed by atoms with van der Waals surface area (Å²) in [5.41, 5.74) is 1.88. The maximum absolute atomic E-state index is 15.0. The van der Waals surface area contributed by atoms with Gasteiger partial charge in [0.25, 0.3) is 0 Å². The first-order valence-electron chi connectivity index (χ1n) is 16.7. The van der Waals surface area contributed by atoms with Gasteiger partial charge >= 0.3 is 0 Å². The number of hydrogen-bond donors (Lipinski definition) is 1. The van der Waals surface area contributed by atoms with Crippen molar-refractivity contribution >= 4 is 29.0 Å². The quantitative estimate of drug-likeness (QED) is 0.267. The molecule has 46 heavy (non-hydrogen) atoms. The zero-order valence-electron chi connectivity index (χ0n) is 25.7. The molecule has 0 bridgehead atoms. The fourth-order valence-electron chi connectivity index (χ4n) is 9.67. The number of phenols is 1. The Labute approximate surface area is 268 Å². The molecule has 6 unspecified atom stereocenters. The van der Waals surface area contributed by atoms with E-state index < -0.39 is 35.0 Å². The van der Waals surface area contributed by atoms with Crippen molar-refractivity contribution in [3.05, 3.63) is 119 Å². The van der Waals surface area contributed by atoms with Gasteiger partial charge in [0, 0.05) is 29.0 Å². The van der Waals surface area contributed by atoms with E-state index in [9.17, 15) is 24.3 Å². The average Bonchev–Trinajstić information content (AvgIpc) is 3.36. The number of hydrogen-bond acceptors (Lipinski definition) is 5. The molecule has 6 atom stereocenters. The summed E-state index contributed by atoms with van der Waals surface area (Å²) in [5, 5.41) is 11.4. The summed E-state index contributed by atoms with van der Waals surface area (Å²) in [5.74, 6) is -3.49. The molecule has 2 saturated carbocycles. The van der Waals surface area contributed by atoms with Crippen LogP contribution in [0.1, 0.15) is 67.6 Å². The first-order chi connectivity index (χ1) is 22.4. The molecule has 6 nitrogen and oxygen atoms in total. The topological polar surface area (TPSA) is 91.8 Å². The lowest BCUT2D eigenvalue weighted by Crippen LogP contribution is -2.58. The first kappa shape index (κ1) is 28.9. The number of carbonyl (C=O) groups is 4. The monoisotopic (exact) mass is 611 g/mol. The van der Waals surface area contributed by atoms with Gasteiger partial charge in [-0.05, 0) is 54.9 Å². The highest BCUT2D eigenvalue weighted by Crippen LogP contribution is 2.64. The van der Waals surface area contributed by atoms with Crippen molar-refractivity contribution in [2.45, 2.75) is 62.3 Å². The van der Waals surface area contributed by atoms with Crippen molar-refractivity contribution in [3.8, 4) is 5.75 Å². The summed E-state index contributed by atoms with van der Waals surface area (Å²) in [6.07, 6.45) is 9.05. The van der Waals surface area contributed by atoms with Crippen LogP contribution in [0.5, 0.6) is 5.75 Å². The van der Waals surface area contributed by atoms with E-state index in [0.29, 0.717) is 28.7 Å². The Hall–Kier alpha value is -4.58. The van der Waals surface area contributed by atoms with Crippen LogP contribution in [0.3, 0.4) is 0 Å². The van der Waals surface area contributed by atoms with Crippen molar-refractivity contribution in [1.29, 1.82) is 0 Å². The molecule has 1 N–H and O–H groups in total. The average molecular weight is 612 g/mol. The van der Waals surface area contributed by atoms with Crippen LogP contribution in [0.2, 0.25) is 0 Å². The van der Waals surface area contributed by atoms with Crippen LogP contribution in [-0.2, 0) is 24.6 Å². The number of imide groups is 1. The van der Waals surface area contributed by atoms with Gasteiger partial charge in [0.15, 0.2) is 11.6 Å². The summed E-state index contributed by atoms with van der Waals surface area (Å²) in [7, 11) is 0. The second kappa shape index (κ2) is 11.0. The number of phenolic OH excluding ortho intramolecular Hbond substituents is 1. The van der Waals surface area contributed by atoms with Crippen molar-refractivity contribution in [1.82, 2.24) is 4.90 Å². The van der Waals surface area contributed by atoms with Crippen molar-refractivity contribution in [2.75, 3.05) is 0 Å². The van der Waals surface area contributed by atoms with E-state index in [2.05, 4.69) is 6.08 Å². The molecule has 3 aromatic rings. The fourth-order valence-corrected chi connectivity index (χ4v) is 9.67. The van der Waals surface area contributed by atoms with Crippen LogP contribution in [0, 0.1) is 23.7 Å². The number of benzene rings is 3. The van der Waals surface area contributed by atoms with Crippen LogP contribution in [0.25, 0.3) is 5.57 Å². The minimum absolute atomic E-state index is 0.0426. The second-order valence-electron chi connectivity index (χ2n) is 13.7. The summed E-state index contributed by atoms with van der Waals surface area (Å²) >= 11 is 0. The van der Waals surface area contributed by atoms with E-state index in [0.717, 1.165) is 37.7 Å². The van der Waals surface area contributed by atoms with Gasteiger partial charge in [-0.25, -0.2) is 0 Å². The normalized spacial score (nSPS) is 31.1. The highest BCUT2D eigenvalue weighted by Gasteiger charge is 2.66. The van der Waals surface area contributed by atoms with Crippen molar-refractivity contribution < 1.29 is 24.3 Å². The molecule has 6 heteroatoms. The highest BCUT2D eigenvalue weighted by atomic mass is 16.3. The third kappa shape index (κ3) is 4.08. The molecule has 8 rings (SSSR count). The minimum atomic E-state index is -1.33. The molecule has 0 aromatic heterocycles. The Balaban J connectivity index is 1.35. The van der Waals surface area contributed by atoms with Crippen molar-refractivity contribution in [3.63, 3.8) is 0 Å². The molecular formula is C40H37NO5. The van der Waals surface area contributed by atoms with E-state index in [1.165, 1.54) is 6.08 Å². The number of carbonyl (C=O) groups excluding carboxylic acids is 4. The maximum atomic E-state index is 15.0. The molecule has 1 aliphatic heterocycles. The van der Waals surface area contributed by atoms with Crippen LogP contribution in [0.15, 0.2) is 103 Å². The number of allylic oxidation sites excluding steroid dienone is 4. The van der Waals surface area contributed by atoms with Gasteiger partial charge in [-0.1, -0.05) is 110 Å². The third-order valence-electron chi connectivity index (χ3n) is 11.6. The molecular weight excluding hydrogens is 574 g/mol. The van der Waals surface area contributed by atoms with Gasteiger partial charge < -0.3 is 5.11 Å². The van der Waals surface area contributed by atoms with Crippen LogP contribution in [0.4, 0.5) is 0 Å². The molecule has 1 heterocycles. The molecule has 3 fully saturated rings. The zero-order chi connectivity index (χ0) is 31.6. The van der Waals surface area contributed by atoms with Gasteiger partial charge in [0.1, 0.15) is 5.75 Å². The molecule has 2 amide bonds. The number of ketones is 2. The lowest BCUT2D eigenvalue weighted by atomic mass is 9.44. The van der Waals surface area contributed by atoms with Crippen molar-refractivity contribution in [2.24, 2.45) is 23.7 Å². The van der Waals surface area contributed by atoms with Crippen LogP contribution < -0.4 is 0 Å². The molecule has 0 radical (unpaired) electrons. The Morgan fingerprint density at radius 1 is 0.739 bits per heavy atom. The number of Topliss-reactive ketones (excluding diaryl/α,β-unsaturated/α-hetero) is 1. The Bertz CT molecular complexity index is 1800. The van der Waals surface area contributed by atoms with Crippen LogP contribution >= 0.6 is 0 Å². The predicted octanol–water partition coefficient (Wildman–Crippen LogP) is 6.55. The largest absolute Gasteiger partial charge is 0.508 e. The Morgan fingerprint density at radius 3 is 2.13 bits per heavy atom. The first-order valence-corrected chi connectivity index (χ1v) is 16.7. The Kier molecular flexibility index (Phi) is 6.93. The molecule has 3 aromatic carbocycles. The number of rotatable bonds is 4. The summed E-state index contributed by atoms with van der Waals surface area (Å²) in [6, 6.07) is 25.7. The van der Waals surface area contributed by atoms with E-state index in [-0.39, 0.29) is 41.6 Å². The maximum Gasteiger partial charge on any atom is 0.233 e. The molecule has 0 spiro atoms. The number of aromatic hydroxyl groups is 1. The number of likely N-dealkylation sites (tertiary alicyclic amines) is 1. The number of fused-ring (bicyclic) bond motifs is 4. The van der Waals surface area contributed by atoms with Crippen LogP contribution in [-0.4, -0.2) is 39.4 Å².